The summed E-state index contributed by atoms with van der Waals surface area (Å²) >= 11 is 0. The number of carbonyl (C=O) groups excluding carboxylic acids is 1. The minimum Gasteiger partial charge on any atom is -0.356 e. The third kappa shape index (κ3) is 5.39. The Morgan fingerprint density at radius 1 is 1.10 bits per heavy atom. The summed E-state index contributed by atoms with van der Waals surface area (Å²) in [4.78, 5) is 18.9. The van der Waals surface area contributed by atoms with Gasteiger partial charge in [-0.1, -0.05) is 62.4 Å². The van der Waals surface area contributed by atoms with Gasteiger partial charge in [-0.2, -0.15) is 0 Å². The number of nitrogens with one attached hydrogen (secondary N) is 3. The Morgan fingerprint density at radius 2 is 1.80 bits per heavy atom. The molecule has 1 amide bonds. The van der Waals surface area contributed by atoms with Crippen molar-refractivity contribution in [3.05, 3.63) is 65.7 Å². The molecule has 6 heteroatoms. The van der Waals surface area contributed by atoms with Crippen molar-refractivity contribution in [2.75, 3.05) is 38.5 Å². The molecule has 3 N–H and O–H groups in total. The van der Waals surface area contributed by atoms with Crippen molar-refractivity contribution >= 4 is 17.6 Å². The quantitative estimate of drug-likeness (QED) is 0.464. The summed E-state index contributed by atoms with van der Waals surface area (Å²) < 4.78 is 0. The Hall–Kier alpha value is -2.86. The molecule has 0 radical (unpaired) electrons. The van der Waals surface area contributed by atoms with Crippen molar-refractivity contribution in [1.29, 1.82) is 0 Å². The minimum atomic E-state index is 0.0640. The van der Waals surface area contributed by atoms with Crippen molar-refractivity contribution in [2.45, 2.75) is 32.2 Å². The number of benzene rings is 2. The van der Waals surface area contributed by atoms with Crippen molar-refractivity contribution in [2.24, 2.45) is 4.99 Å². The molecule has 0 aliphatic carbocycles. The van der Waals surface area contributed by atoms with Crippen LogP contribution in [0.4, 0.5) is 5.69 Å². The van der Waals surface area contributed by atoms with E-state index in [4.69, 9.17) is 0 Å². The van der Waals surface area contributed by atoms with Gasteiger partial charge in [0.1, 0.15) is 0 Å². The van der Waals surface area contributed by atoms with Crippen molar-refractivity contribution in [3.63, 3.8) is 0 Å². The molecule has 0 fully saturated rings. The number of aliphatic imine (C=N–C) groups is 1. The Morgan fingerprint density at radius 3 is 2.50 bits per heavy atom. The third-order valence-electron chi connectivity index (χ3n) is 5.75. The summed E-state index contributed by atoms with van der Waals surface area (Å²) in [5.41, 5.74) is 3.38. The lowest BCUT2D eigenvalue weighted by Crippen LogP contribution is -2.44. The number of nitrogens with zero attached hydrogens (tertiary/aromatic N) is 2. The molecule has 0 aromatic heterocycles. The van der Waals surface area contributed by atoms with Crippen LogP contribution in [0.5, 0.6) is 0 Å². The highest BCUT2D eigenvalue weighted by molar-refractivity contribution is 5.94. The molecule has 2 aromatic rings. The number of fused-ring (bicyclic) bond motifs is 1. The summed E-state index contributed by atoms with van der Waals surface area (Å²) in [5, 5.41) is 9.87. The molecule has 2 unspecified atom stereocenters. The van der Waals surface area contributed by atoms with Gasteiger partial charge in [-0.05, 0) is 30.3 Å². The first-order chi connectivity index (χ1) is 14.7. The first-order valence-electron chi connectivity index (χ1n) is 10.8. The lowest BCUT2D eigenvalue weighted by Gasteiger charge is -2.31. The van der Waals surface area contributed by atoms with Crippen LogP contribution in [0.25, 0.3) is 0 Å². The highest BCUT2D eigenvalue weighted by Crippen LogP contribution is 2.31. The number of anilines is 1. The molecule has 0 bridgehead atoms. The van der Waals surface area contributed by atoms with E-state index >= 15 is 0 Å². The predicted molar refractivity (Wildman–Crippen MR) is 124 cm³/mol. The number of likely N-dealkylation sites (N-methyl/N-ethyl adjacent to an activating group) is 1. The van der Waals surface area contributed by atoms with E-state index in [9.17, 15) is 4.79 Å². The van der Waals surface area contributed by atoms with Gasteiger partial charge >= 0.3 is 0 Å². The van der Waals surface area contributed by atoms with Gasteiger partial charge in [-0.15, -0.1) is 0 Å². The van der Waals surface area contributed by atoms with Gasteiger partial charge in [-0.25, -0.2) is 0 Å². The van der Waals surface area contributed by atoms with E-state index in [1.54, 1.807) is 7.05 Å². The highest BCUT2D eigenvalue weighted by atomic mass is 16.1. The molecule has 30 heavy (non-hydrogen) atoms. The molecule has 1 heterocycles. The zero-order valence-electron chi connectivity index (χ0n) is 18.2. The van der Waals surface area contributed by atoms with Crippen LogP contribution in [-0.2, 0) is 4.79 Å². The summed E-state index contributed by atoms with van der Waals surface area (Å²) in [5.74, 6) is 0.946. The summed E-state index contributed by atoms with van der Waals surface area (Å²) in [6.07, 6.45) is 0.479. The maximum absolute atomic E-state index is 12.1. The lowest BCUT2D eigenvalue weighted by atomic mass is 9.90. The Bertz CT molecular complexity index is 848. The molecule has 0 saturated carbocycles. The standard InChI is InChI=1S/C24H33N5O/c1-4-29(5-2)22(18-11-7-6-8-12-18)17-27-24(25-3)26-16-19-15-23(30)28-21-14-10-9-13-20(19)21/h6-14,19,22H,4-5,15-17H2,1-3H3,(H,28,30)(H2,25,26,27). The molecule has 6 nitrogen and oxygen atoms in total. The van der Waals surface area contributed by atoms with E-state index in [1.807, 2.05) is 18.2 Å². The summed E-state index contributed by atoms with van der Waals surface area (Å²) in [6.45, 7) is 7.77. The van der Waals surface area contributed by atoms with Gasteiger partial charge in [0.25, 0.3) is 0 Å². The van der Waals surface area contributed by atoms with Crippen LogP contribution in [0.3, 0.4) is 0 Å². The fourth-order valence-electron chi connectivity index (χ4n) is 4.12. The average molecular weight is 408 g/mol. The Kier molecular flexibility index (Phi) is 7.85. The molecule has 3 rings (SSSR count). The second-order valence-electron chi connectivity index (χ2n) is 7.52. The first kappa shape index (κ1) is 21.8. The van der Waals surface area contributed by atoms with Gasteiger partial charge in [0.2, 0.25) is 5.91 Å². The van der Waals surface area contributed by atoms with Gasteiger partial charge in [-0.3, -0.25) is 14.7 Å². The topological polar surface area (TPSA) is 68.8 Å². The largest absolute Gasteiger partial charge is 0.356 e. The van der Waals surface area contributed by atoms with E-state index in [1.165, 1.54) is 11.1 Å². The van der Waals surface area contributed by atoms with Crippen LogP contribution >= 0.6 is 0 Å². The molecule has 1 aliphatic heterocycles. The maximum Gasteiger partial charge on any atom is 0.225 e. The number of amides is 1. The molecule has 0 spiro atoms. The lowest BCUT2D eigenvalue weighted by molar-refractivity contribution is -0.116. The van der Waals surface area contributed by atoms with Crippen LogP contribution in [-0.4, -0.2) is 50.0 Å². The van der Waals surface area contributed by atoms with Gasteiger partial charge in [0, 0.05) is 38.2 Å². The third-order valence-corrected chi connectivity index (χ3v) is 5.75. The van der Waals surface area contributed by atoms with Crippen LogP contribution in [0, 0.1) is 0 Å². The molecule has 1 aliphatic rings. The smallest absolute Gasteiger partial charge is 0.225 e. The zero-order chi connectivity index (χ0) is 21.3. The van der Waals surface area contributed by atoms with Crippen molar-refractivity contribution in [3.8, 4) is 0 Å². The molecule has 2 aromatic carbocycles. The SMILES string of the molecule is CCN(CC)C(CNC(=NC)NCC1CC(=O)Nc2ccccc21)c1ccccc1. The maximum atomic E-state index is 12.1. The van der Waals surface area contributed by atoms with Crippen LogP contribution in [0.15, 0.2) is 59.6 Å². The Labute approximate surface area is 179 Å². The van der Waals surface area contributed by atoms with E-state index in [-0.39, 0.29) is 17.9 Å². The predicted octanol–water partition coefficient (Wildman–Crippen LogP) is 3.36. The van der Waals surface area contributed by atoms with Crippen molar-refractivity contribution < 1.29 is 4.79 Å². The number of carbonyl (C=O) groups is 1. The fraction of sp³-hybridized carbons (Fsp3) is 0.417. The number of para-hydroxylation sites is 1. The van der Waals surface area contributed by atoms with Crippen molar-refractivity contribution in [1.82, 2.24) is 15.5 Å². The highest BCUT2D eigenvalue weighted by Gasteiger charge is 2.25. The van der Waals surface area contributed by atoms with Gasteiger partial charge < -0.3 is 16.0 Å². The van der Waals surface area contributed by atoms with Gasteiger partial charge in [0.05, 0.1) is 6.04 Å². The van der Waals surface area contributed by atoms with E-state index < -0.39 is 0 Å². The first-order valence-corrected chi connectivity index (χ1v) is 10.8. The second-order valence-corrected chi connectivity index (χ2v) is 7.52. The van der Waals surface area contributed by atoms with E-state index in [0.29, 0.717) is 13.0 Å². The van der Waals surface area contributed by atoms with E-state index in [2.05, 4.69) is 76.1 Å². The number of hydrogen-bond donors (Lipinski definition) is 3. The fourth-order valence-corrected chi connectivity index (χ4v) is 4.12. The van der Waals surface area contributed by atoms with Crippen LogP contribution < -0.4 is 16.0 Å². The molecule has 0 saturated heterocycles. The number of guanidine groups is 1. The second kappa shape index (κ2) is 10.8. The average Bonchev–Trinajstić information content (AvgIpc) is 2.78. The zero-order valence-corrected chi connectivity index (χ0v) is 18.2. The molecule has 160 valence electrons. The molecule has 2 atom stereocenters. The number of rotatable bonds is 8. The van der Waals surface area contributed by atoms with Gasteiger partial charge in [0.15, 0.2) is 5.96 Å². The molecular weight excluding hydrogens is 374 g/mol. The van der Waals surface area contributed by atoms with Crippen LogP contribution in [0.2, 0.25) is 0 Å². The molecular formula is C24H33N5O. The Balaban J connectivity index is 1.63. The summed E-state index contributed by atoms with van der Waals surface area (Å²) in [6, 6.07) is 18.9. The minimum absolute atomic E-state index is 0.0640. The monoisotopic (exact) mass is 407 g/mol. The normalized spacial score (nSPS) is 17.3. The summed E-state index contributed by atoms with van der Waals surface area (Å²) in [7, 11) is 1.78. The number of hydrogen-bond acceptors (Lipinski definition) is 3. The van der Waals surface area contributed by atoms with E-state index in [0.717, 1.165) is 31.3 Å². The van der Waals surface area contributed by atoms with Crippen LogP contribution in [0.1, 0.15) is 43.4 Å².